The zero-order valence-corrected chi connectivity index (χ0v) is 12.6. The molecule has 1 aromatic heterocycles. The maximum absolute atomic E-state index is 11.9. The molecule has 0 saturated carbocycles. The van der Waals surface area contributed by atoms with Crippen LogP contribution in [0.15, 0.2) is 36.5 Å². The van der Waals surface area contributed by atoms with Crippen molar-refractivity contribution in [3.63, 3.8) is 0 Å². The lowest BCUT2D eigenvalue weighted by molar-refractivity contribution is -0.141. The number of nitrogens with one attached hydrogen (secondary N) is 1. The Hall–Kier alpha value is -2.63. The number of hydrogen-bond donors (Lipinski definition) is 2. The summed E-state index contributed by atoms with van der Waals surface area (Å²) in [5.41, 5.74) is 1.87. The van der Waals surface area contributed by atoms with Crippen LogP contribution in [-0.4, -0.2) is 40.6 Å². The number of carbonyl (C=O) groups is 2. The highest BCUT2D eigenvalue weighted by Gasteiger charge is 2.16. The number of urea groups is 1. The predicted molar refractivity (Wildman–Crippen MR) is 83.4 cm³/mol. The number of carbonyl (C=O) groups excluding carboxylic acids is 1. The molecule has 1 unspecified atom stereocenters. The van der Waals surface area contributed by atoms with Crippen molar-refractivity contribution in [2.24, 2.45) is 5.92 Å². The summed E-state index contributed by atoms with van der Waals surface area (Å²) >= 11 is 0. The monoisotopic (exact) mass is 301 g/mol. The average molecular weight is 301 g/mol. The molecule has 2 N–H and O–H groups in total. The molecule has 0 fully saturated rings. The van der Waals surface area contributed by atoms with E-state index in [1.54, 1.807) is 20.2 Å². The van der Waals surface area contributed by atoms with E-state index in [4.69, 9.17) is 5.11 Å². The summed E-state index contributed by atoms with van der Waals surface area (Å²) in [6.07, 6.45) is 1.74. The highest BCUT2D eigenvalue weighted by Crippen LogP contribution is 2.13. The Morgan fingerprint density at radius 1 is 1.36 bits per heavy atom. The molecule has 0 radical (unpaired) electrons. The number of nitrogens with zero attached hydrogens (tertiary/aromatic N) is 2. The van der Waals surface area contributed by atoms with Crippen LogP contribution in [0.1, 0.15) is 12.5 Å². The number of aromatic nitrogens is 1. The van der Waals surface area contributed by atoms with Crippen molar-refractivity contribution in [2.45, 2.75) is 13.5 Å². The molecule has 116 valence electrons. The van der Waals surface area contributed by atoms with Crippen molar-refractivity contribution in [3.05, 3.63) is 42.1 Å². The lowest BCUT2D eigenvalue weighted by atomic mass is 10.1. The standard InChI is InChI=1S/C16H19N3O3/c1-11(15(20)21)10-19(2)16(22)18-9-12-5-6-14-13(8-12)4-3-7-17-14/h3-8,11H,9-10H2,1-2H3,(H,18,22)(H,20,21). The summed E-state index contributed by atoms with van der Waals surface area (Å²) in [7, 11) is 1.58. The van der Waals surface area contributed by atoms with Crippen LogP contribution in [0.3, 0.4) is 0 Å². The largest absolute Gasteiger partial charge is 0.481 e. The molecule has 22 heavy (non-hydrogen) atoms. The van der Waals surface area contributed by atoms with Crippen LogP contribution in [0.4, 0.5) is 4.79 Å². The molecule has 2 rings (SSSR count). The third kappa shape index (κ3) is 3.94. The highest BCUT2D eigenvalue weighted by molar-refractivity contribution is 5.79. The van der Waals surface area contributed by atoms with Crippen LogP contribution in [0.25, 0.3) is 10.9 Å². The van der Waals surface area contributed by atoms with Gasteiger partial charge >= 0.3 is 12.0 Å². The van der Waals surface area contributed by atoms with Crippen molar-refractivity contribution < 1.29 is 14.7 Å². The Balaban J connectivity index is 1.93. The molecule has 1 aromatic carbocycles. The van der Waals surface area contributed by atoms with Gasteiger partial charge in [-0.25, -0.2) is 4.79 Å². The molecule has 0 saturated heterocycles. The van der Waals surface area contributed by atoms with Crippen molar-refractivity contribution in [2.75, 3.05) is 13.6 Å². The minimum atomic E-state index is -0.915. The summed E-state index contributed by atoms with van der Waals surface area (Å²) in [5.74, 6) is -1.51. The summed E-state index contributed by atoms with van der Waals surface area (Å²) < 4.78 is 0. The fraction of sp³-hybridized carbons (Fsp3) is 0.312. The number of carboxylic acids is 1. The second-order valence-corrected chi connectivity index (χ2v) is 5.31. The smallest absolute Gasteiger partial charge is 0.317 e. The number of carboxylic acid groups (broad SMARTS) is 1. The topological polar surface area (TPSA) is 82.5 Å². The minimum Gasteiger partial charge on any atom is -0.481 e. The van der Waals surface area contributed by atoms with Gasteiger partial charge in [0.05, 0.1) is 11.4 Å². The van der Waals surface area contributed by atoms with E-state index in [1.807, 2.05) is 30.3 Å². The van der Waals surface area contributed by atoms with E-state index in [2.05, 4.69) is 10.3 Å². The molecular formula is C16H19N3O3. The second-order valence-electron chi connectivity index (χ2n) is 5.31. The fourth-order valence-corrected chi connectivity index (χ4v) is 2.12. The Kier molecular flexibility index (Phi) is 4.93. The number of amides is 2. The van der Waals surface area contributed by atoms with Crippen LogP contribution in [-0.2, 0) is 11.3 Å². The first-order chi connectivity index (χ1) is 10.5. The Bertz CT molecular complexity index is 687. The molecular weight excluding hydrogens is 282 g/mol. The van der Waals surface area contributed by atoms with Gasteiger partial charge in [-0.15, -0.1) is 0 Å². The molecule has 1 atom stereocenters. The van der Waals surface area contributed by atoms with Gasteiger partial charge in [-0.1, -0.05) is 19.1 Å². The number of hydrogen-bond acceptors (Lipinski definition) is 3. The highest BCUT2D eigenvalue weighted by atomic mass is 16.4. The maximum Gasteiger partial charge on any atom is 0.317 e. The first-order valence-electron chi connectivity index (χ1n) is 7.03. The molecule has 0 aliphatic heterocycles. The summed E-state index contributed by atoms with van der Waals surface area (Å²) in [6, 6.07) is 9.34. The van der Waals surface area contributed by atoms with Crippen LogP contribution >= 0.6 is 0 Å². The van der Waals surface area contributed by atoms with Crippen LogP contribution in [0.5, 0.6) is 0 Å². The molecule has 0 aliphatic carbocycles. The van der Waals surface area contributed by atoms with Crippen LogP contribution in [0, 0.1) is 5.92 Å². The minimum absolute atomic E-state index is 0.169. The zero-order chi connectivity index (χ0) is 16.1. The van der Waals surface area contributed by atoms with E-state index in [1.165, 1.54) is 4.90 Å². The van der Waals surface area contributed by atoms with Gasteiger partial charge in [0.25, 0.3) is 0 Å². The van der Waals surface area contributed by atoms with Gasteiger partial charge in [0.1, 0.15) is 0 Å². The Morgan fingerprint density at radius 3 is 2.86 bits per heavy atom. The SMILES string of the molecule is CC(CN(C)C(=O)NCc1ccc2ncccc2c1)C(=O)O. The number of pyridine rings is 1. The first kappa shape index (κ1) is 15.8. The maximum atomic E-state index is 11.9. The van der Waals surface area contributed by atoms with Gasteiger partial charge in [0.2, 0.25) is 0 Å². The molecule has 2 amide bonds. The van der Waals surface area contributed by atoms with Crippen molar-refractivity contribution in [1.82, 2.24) is 15.2 Å². The number of benzene rings is 1. The van der Waals surface area contributed by atoms with Crippen molar-refractivity contribution in [3.8, 4) is 0 Å². The second kappa shape index (κ2) is 6.89. The van der Waals surface area contributed by atoms with E-state index >= 15 is 0 Å². The van der Waals surface area contributed by atoms with E-state index in [0.29, 0.717) is 6.54 Å². The van der Waals surface area contributed by atoms with E-state index < -0.39 is 11.9 Å². The zero-order valence-electron chi connectivity index (χ0n) is 12.6. The van der Waals surface area contributed by atoms with Gasteiger partial charge in [0, 0.05) is 31.7 Å². The molecule has 0 bridgehead atoms. The van der Waals surface area contributed by atoms with Crippen LogP contribution in [0.2, 0.25) is 0 Å². The summed E-state index contributed by atoms with van der Waals surface area (Å²) in [6.45, 7) is 2.13. The average Bonchev–Trinajstić information content (AvgIpc) is 2.52. The number of rotatable bonds is 5. The molecule has 1 heterocycles. The van der Waals surface area contributed by atoms with Gasteiger partial charge in [-0.05, 0) is 23.8 Å². The quantitative estimate of drug-likeness (QED) is 0.886. The first-order valence-corrected chi connectivity index (χ1v) is 7.03. The van der Waals surface area contributed by atoms with Gasteiger partial charge < -0.3 is 15.3 Å². The molecule has 2 aromatic rings. The van der Waals surface area contributed by atoms with E-state index in [9.17, 15) is 9.59 Å². The predicted octanol–water partition coefficient (Wildman–Crippen LogP) is 2.10. The van der Waals surface area contributed by atoms with E-state index in [-0.39, 0.29) is 12.6 Å². The Morgan fingerprint density at radius 2 is 2.14 bits per heavy atom. The summed E-state index contributed by atoms with van der Waals surface area (Å²) in [5, 5.41) is 12.7. The number of aliphatic carboxylic acids is 1. The Labute approximate surface area is 128 Å². The normalized spacial score (nSPS) is 11.9. The van der Waals surface area contributed by atoms with Crippen LogP contribution < -0.4 is 5.32 Å². The van der Waals surface area contributed by atoms with Crippen molar-refractivity contribution >= 4 is 22.9 Å². The lowest BCUT2D eigenvalue weighted by Crippen LogP contribution is -2.40. The van der Waals surface area contributed by atoms with Gasteiger partial charge in [0.15, 0.2) is 0 Å². The lowest BCUT2D eigenvalue weighted by Gasteiger charge is -2.20. The fourth-order valence-electron chi connectivity index (χ4n) is 2.12. The number of fused-ring (bicyclic) bond motifs is 1. The van der Waals surface area contributed by atoms with E-state index in [0.717, 1.165) is 16.5 Å². The van der Waals surface area contributed by atoms with Gasteiger partial charge in [-0.2, -0.15) is 0 Å². The van der Waals surface area contributed by atoms with Gasteiger partial charge in [-0.3, -0.25) is 9.78 Å². The molecule has 6 nitrogen and oxygen atoms in total. The molecule has 0 aliphatic rings. The third-order valence-electron chi connectivity index (χ3n) is 3.43. The molecule has 0 spiro atoms. The molecule has 6 heteroatoms. The third-order valence-corrected chi connectivity index (χ3v) is 3.43. The summed E-state index contributed by atoms with van der Waals surface area (Å²) in [4.78, 5) is 28.4. The van der Waals surface area contributed by atoms with Crippen molar-refractivity contribution in [1.29, 1.82) is 0 Å².